The molecule has 0 atom stereocenters. The van der Waals surface area contributed by atoms with Gasteiger partial charge in [0.15, 0.2) is 0 Å². The van der Waals surface area contributed by atoms with Gasteiger partial charge in [-0.3, -0.25) is 0 Å². The van der Waals surface area contributed by atoms with Crippen molar-refractivity contribution in [3.05, 3.63) is 34.1 Å². The van der Waals surface area contributed by atoms with Gasteiger partial charge < -0.3 is 4.90 Å². The summed E-state index contributed by atoms with van der Waals surface area (Å²) in [7, 11) is -3.08. The third-order valence-corrected chi connectivity index (χ3v) is 8.88. The molecule has 7 heteroatoms. The maximum absolute atomic E-state index is 13.5. The van der Waals surface area contributed by atoms with Crippen LogP contribution in [0.15, 0.2) is 22.7 Å². The Kier molecular flexibility index (Phi) is 8.54. The Morgan fingerprint density at radius 3 is 2.45 bits per heavy atom. The topological polar surface area (TPSA) is 49.4 Å². The minimum Gasteiger partial charge on any atom is -0.303 e. The van der Waals surface area contributed by atoms with Crippen molar-refractivity contribution < 1.29 is 12.8 Å². The molecule has 0 unspecified atom stereocenters. The molecule has 4 nitrogen and oxygen atoms in total. The van der Waals surface area contributed by atoms with Crippen LogP contribution in [0, 0.1) is 17.7 Å². The van der Waals surface area contributed by atoms with Crippen LogP contribution in [-0.4, -0.2) is 44.7 Å². The molecule has 1 aliphatic heterocycles. The summed E-state index contributed by atoms with van der Waals surface area (Å²) in [5, 5.41) is 0. The summed E-state index contributed by atoms with van der Waals surface area (Å²) in [4.78, 5) is 2.57. The van der Waals surface area contributed by atoms with E-state index in [1.165, 1.54) is 25.3 Å². The second-order valence-electron chi connectivity index (χ2n) is 8.75. The monoisotopic (exact) mass is 488 g/mol. The fraction of sp³-hybridized carbons (Fsp3) is 0.727. The number of hydrogen-bond donors (Lipinski definition) is 1. The Bertz CT molecular complexity index is 758. The standard InChI is InChI=1S/C22H34BrFN2O2S/c1-2-29(27,28)25-21-6-3-17(4-7-21)9-12-26-13-10-18(11-14-26)15-19-16-20(24)5-8-22(19)23/h5,8,16-18,21,25H,2-4,6-7,9-15H2,1H3/t17-,21-. The molecule has 1 saturated heterocycles. The highest BCUT2D eigenvalue weighted by atomic mass is 79.9. The quantitative estimate of drug-likeness (QED) is 0.575. The predicted molar refractivity (Wildman–Crippen MR) is 120 cm³/mol. The second-order valence-corrected chi connectivity index (χ2v) is 11.6. The molecule has 0 aromatic heterocycles. The van der Waals surface area contributed by atoms with E-state index in [-0.39, 0.29) is 17.6 Å². The van der Waals surface area contributed by atoms with Gasteiger partial charge in [-0.15, -0.1) is 0 Å². The summed E-state index contributed by atoms with van der Waals surface area (Å²) in [6, 6.07) is 5.10. The first kappa shape index (κ1) is 23.2. The number of hydrogen-bond acceptors (Lipinski definition) is 3. The van der Waals surface area contributed by atoms with Crippen molar-refractivity contribution in [1.82, 2.24) is 9.62 Å². The minimum atomic E-state index is -3.08. The summed E-state index contributed by atoms with van der Waals surface area (Å²) in [5.41, 5.74) is 1.08. The molecule has 0 amide bonds. The number of halogens is 2. The van der Waals surface area contributed by atoms with Crippen LogP contribution in [0.4, 0.5) is 4.39 Å². The minimum absolute atomic E-state index is 0.133. The van der Waals surface area contributed by atoms with Crippen LogP contribution < -0.4 is 4.72 Å². The molecule has 1 N–H and O–H groups in total. The normalized spacial score (nSPS) is 24.7. The lowest BCUT2D eigenvalue weighted by Crippen LogP contribution is -2.39. The molecular weight excluding hydrogens is 455 g/mol. The van der Waals surface area contributed by atoms with E-state index >= 15 is 0 Å². The van der Waals surface area contributed by atoms with Crippen molar-refractivity contribution in [2.45, 2.75) is 64.3 Å². The van der Waals surface area contributed by atoms with Crippen molar-refractivity contribution in [2.75, 3.05) is 25.4 Å². The van der Waals surface area contributed by atoms with Crippen molar-refractivity contribution in [3.8, 4) is 0 Å². The molecule has 2 aliphatic rings. The van der Waals surface area contributed by atoms with E-state index in [1.54, 1.807) is 13.0 Å². The second kappa shape index (κ2) is 10.7. The van der Waals surface area contributed by atoms with Crippen molar-refractivity contribution in [2.24, 2.45) is 11.8 Å². The zero-order valence-electron chi connectivity index (χ0n) is 17.4. The van der Waals surface area contributed by atoms with Gasteiger partial charge in [0.2, 0.25) is 10.0 Å². The van der Waals surface area contributed by atoms with Gasteiger partial charge in [-0.05, 0) is 114 Å². The molecule has 0 spiro atoms. The van der Waals surface area contributed by atoms with Crippen LogP contribution in [-0.2, 0) is 16.4 Å². The van der Waals surface area contributed by atoms with Gasteiger partial charge in [-0.2, -0.15) is 0 Å². The van der Waals surface area contributed by atoms with Crippen molar-refractivity contribution in [1.29, 1.82) is 0 Å². The van der Waals surface area contributed by atoms with Gasteiger partial charge in [0.05, 0.1) is 5.75 Å². The van der Waals surface area contributed by atoms with Crippen LogP contribution in [0.2, 0.25) is 0 Å². The number of rotatable bonds is 8. The lowest BCUT2D eigenvalue weighted by molar-refractivity contribution is 0.164. The first-order valence-electron chi connectivity index (χ1n) is 11.0. The molecule has 29 heavy (non-hydrogen) atoms. The number of sulfonamides is 1. The maximum Gasteiger partial charge on any atom is 0.211 e. The zero-order chi connectivity index (χ0) is 20.9. The average Bonchev–Trinajstić information content (AvgIpc) is 2.71. The van der Waals surface area contributed by atoms with E-state index < -0.39 is 10.0 Å². The van der Waals surface area contributed by atoms with Crippen LogP contribution >= 0.6 is 15.9 Å². The van der Waals surface area contributed by atoms with Crippen LogP contribution in [0.3, 0.4) is 0 Å². The van der Waals surface area contributed by atoms with E-state index in [4.69, 9.17) is 0 Å². The molecule has 164 valence electrons. The maximum atomic E-state index is 13.5. The molecular formula is C22H34BrFN2O2S. The Morgan fingerprint density at radius 2 is 1.79 bits per heavy atom. The van der Waals surface area contributed by atoms with Gasteiger partial charge in [0.25, 0.3) is 0 Å². The first-order chi connectivity index (χ1) is 13.8. The zero-order valence-corrected chi connectivity index (χ0v) is 19.8. The van der Waals surface area contributed by atoms with Gasteiger partial charge in [0, 0.05) is 10.5 Å². The summed E-state index contributed by atoms with van der Waals surface area (Å²) in [6.45, 7) is 5.09. The number of nitrogens with zero attached hydrogens (tertiary/aromatic N) is 1. The van der Waals surface area contributed by atoms with Gasteiger partial charge in [-0.1, -0.05) is 15.9 Å². The van der Waals surface area contributed by atoms with Crippen molar-refractivity contribution in [3.63, 3.8) is 0 Å². The summed E-state index contributed by atoms with van der Waals surface area (Å²) < 4.78 is 40.8. The number of likely N-dealkylation sites (tertiary alicyclic amines) is 1. The Balaban J connectivity index is 1.34. The summed E-state index contributed by atoms with van der Waals surface area (Å²) in [6.07, 6.45) is 8.70. The average molecular weight is 489 g/mol. The lowest BCUT2D eigenvalue weighted by atomic mass is 9.84. The highest BCUT2D eigenvalue weighted by Gasteiger charge is 2.25. The highest BCUT2D eigenvalue weighted by molar-refractivity contribution is 9.10. The van der Waals surface area contributed by atoms with Gasteiger partial charge in [0.1, 0.15) is 5.82 Å². The van der Waals surface area contributed by atoms with Crippen LogP contribution in [0.1, 0.15) is 57.4 Å². The molecule has 1 saturated carbocycles. The van der Waals surface area contributed by atoms with E-state index in [0.29, 0.717) is 5.92 Å². The molecule has 3 rings (SSSR count). The Hall–Kier alpha value is -0.500. The molecule has 1 aromatic carbocycles. The molecule has 1 aromatic rings. The van der Waals surface area contributed by atoms with E-state index in [2.05, 4.69) is 25.6 Å². The highest BCUT2D eigenvalue weighted by Crippen LogP contribution is 2.29. The molecule has 1 aliphatic carbocycles. The van der Waals surface area contributed by atoms with Gasteiger partial charge in [-0.25, -0.2) is 17.5 Å². The first-order valence-corrected chi connectivity index (χ1v) is 13.5. The van der Waals surface area contributed by atoms with E-state index in [1.807, 2.05) is 6.07 Å². The third-order valence-electron chi connectivity index (χ3n) is 6.65. The number of nitrogens with one attached hydrogen (secondary N) is 1. The third kappa shape index (κ3) is 7.30. The largest absolute Gasteiger partial charge is 0.303 e. The van der Waals surface area contributed by atoms with Crippen LogP contribution in [0.5, 0.6) is 0 Å². The van der Waals surface area contributed by atoms with Crippen LogP contribution in [0.25, 0.3) is 0 Å². The SMILES string of the molecule is CCS(=O)(=O)N[C@H]1CC[C@H](CCN2CCC(Cc3cc(F)ccc3Br)CC2)CC1. The number of piperidine rings is 1. The Labute approximate surface area is 183 Å². The van der Waals surface area contributed by atoms with E-state index in [0.717, 1.165) is 67.7 Å². The van der Waals surface area contributed by atoms with Gasteiger partial charge >= 0.3 is 0 Å². The molecule has 1 heterocycles. The summed E-state index contributed by atoms with van der Waals surface area (Å²) in [5.74, 6) is 1.36. The summed E-state index contributed by atoms with van der Waals surface area (Å²) >= 11 is 3.55. The molecule has 0 bridgehead atoms. The lowest BCUT2D eigenvalue weighted by Gasteiger charge is -2.34. The Morgan fingerprint density at radius 1 is 1.10 bits per heavy atom. The molecule has 0 radical (unpaired) electrons. The fourth-order valence-electron chi connectivity index (χ4n) is 4.70. The predicted octanol–water partition coefficient (Wildman–Crippen LogP) is 4.73. The smallest absolute Gasteiger partial charge is 0.211 e. The fourth-order valence-corrected chi connectivity index (χ4v) is 6.02. The van der Waals surface area contributed by atoms with E-state index in [9.17, 15) is 12.8 Å². The van der Waals surface area contributed by atoms with Crippen molar-refractivity contribution >= 4 is 26.0 Å². The molecule has 2 fully saturated rings. The number of benzene rings is 1.